The molecule has 0 saturated heterocycles. The molecule has 3 rings (SSSR count). The van der Waals surface area contributed by atoms with Crippen molar-refractivity contribution < 1.29 is 4.74 Å². The second kappa shape index (κ2) is 5.85. The van der Waals surface area contributed by atoms with E-state index >= 15 is 0 Å². The van der Waals surface area contributed by atoms with E-state index in [1.54, 1.807) is 0 Å². The van der Waals surface area contributed by atoms with Gasteiger partial charge >= 0.3 is 0 Å². The van der Waals surface area contributed by atoms with E-state index in [0.29, 0.717) is 24.0 Å². The molecule has 2 fully saturated rings. The molecule has 2 bridgehead atoms. The van der Waals surface area contributed by atoms with Crippen molar-refractivity contribution in [2.24, 2.45) is 17.8 Å². The fraction of sp³-hybridized carbons (Fsp3) is 0.733. The number of anilines is 2. The van der Waals surface area contributed by atoms with Gasteiger partial charge in [-0.05, 0) is 43.4 Å². The first-order valence-corrected chi connectivity index (χ1v) is 7.75. The summed E-state index contributed by atoms with van der Waals surface area (Å²) in [5.74, 6) is 3.87. The maximum absolute atomic E-state index is 6.07. The van der Waals surface area contributed by atoms with Gasteiger partial charge < -0.3 is 15.8 Å². The zero-order valence-electron chi connectivity index (χ0n) is 12.1. The van der Waals surface area contributed by atoms with Crippen molar-refractivity contribution in [1.29, 1.82) is 0 Å². The van der Waals surface area contributed by atoms with Crippen LogP contribution in [-0.2, 0) is 0 Å². The molecule has 3 N–H and O–H groups in total. The van der Waals surface area contributed by atoms with E-state index in [0.717, 1.165) is 30.7 Å². The summed E-state index contributed by atoms with van der Waals surface area (Å²) in [4.78, 5) is 8.34. The molecule has 20 heavy (non-hydrogen) atoms. The van der Waals surface area contributed by atoms with Crippen molar-refractivity contribution in [2.75, 3.05) is 24.2 Å². The normalized spacial score (nSPS) is 27.8. The van der Waals surface area contributed by atoms with Gasteiger partial charge in [-0.25, -0.2) is 4.98 Å². The van der Waals surface area contributed by atoms with Gasteiger partial charge in [-0.1, -0.05) is 13.3 Å². The van der Waals surface area contributed by atoms with Gasteiger partial charge in [0.05, 0.1) is 6.61 Å². The van der Waals surface area contributed by atoms with E-state index in [1.165, 1.54) is 32.0 Å². The molecule has 2 aliphatic carbocycles. The SMILES string of the molecule is CCCOc1ncnc(NCC2CC3CCC2C3)c1N. The Morgan fingerprint density at radius 2 is 2.25 bits per heavy atom. The third-order valence-corrected chi connectivity index (χ3v) is 4.71. The third-order valence-electron chi connectivity index (χ3n) is 4.71. The topological polar surface area (TPSA) is 73.1 Å². The average Bonchev–Trinajstić information content (AvgIpc) is 3.07. The summed E-state index contributed by atoms with van der Waals surface area (Å²) in [5, 5.41) is 3.40. The van der Waals surface area contributed by atoms with Crippen LogP contribution in [0.4, 0.5) is 11.5 Å². The second-order valence-corrected chi connectivity index (χ2v) is 6.11. The van der Waals surface area contributed by atoms with Crippen LogP contribution in [0.1, 0.15) is 39.0 Å². The van der Waals surface area contributed by atoms with Crippen LogP contribution in [0.2, 0.25) is 0 Å². The van der Waals surface area contributed by atoms with E-state index < -0.39 is 0 Å². The van der Waals surface area contributed by atoms with Crippen LogP contribution in [0, 0.1) is 17.8 Å². The fourth-order valence-corrected chi connectivity index (χ4v) is 3.69. The monoisotopic (exact) mass is 276 g/mol. The quantitative estimate of drug-likeness (QED) is 0.835. The lowest BCUT2D eigenvalue weighted by Crippen LogP contribution is -2.21. The molecule has 110 valence electrons. The van der Waals surface area contributed by atoms with Crippen LogP contribution in [0.25, 0.3) is 0 Å². The number of hydrogen-bond acceptors (Lipinski definition) is 5. The molecular formula is C15H24N4O. The molecule has 0 amide bonds. The molecule has 0 radical (unpaired) electrons. The lowest BCUT2D eigenvalue weighted by atomic mass is 9.89. The van der Waals surface area contributed by atoms with Crippen LogP contribution in [0.15, 0.2) is 6.33 Å². The molecule has 1 heterocycles. The van der Waals surface area contributed by atoms with E-state index in [9.17, 15) is 0 Å². The number of fused-ring (bicyclic) bond motifs is 2. The molecular weight excluding hydrogens is 252 g/mol. The summed E-state index contributed by atoms with van der Waals surface area (Å²) in [6.07, 6.45) is 8.09. The molecule has 0 spiro atoms. The first-order valence-electron chi connectivity index (χ1n) is 7.75. The zero-order valence-corrected chi connectivity index (χ0v) is 12.1. The van der Waals surface area contributed by atoms with Gasteiger partial charge in [0.2, 0.25) is 5.88 Å². The van der Waals surface area contributed by atoms with Crippen LogP contribution >= 0.6 is 0 Å². The summed E-state index contributed by atoms with van der Waals surface area (Å²) in [6, 6.07) is 0. The minimum absolute atomic E-state index is 0.497. The number of nitrogens with zero attached hydrogens (tertiary/aromatic N) is 2. The van der Waals surface area contributed by atoms with E-state index in [4.69, 9.17) is 10.5 Å². The molecule has 3 atom stereocenters. The van der Waals surface area contributed by atoms with Crippen molar-refractivity contribution in [1.82, 2.24) is 9.97 Å². The summed E-state index contributed by atoms with van der Waals surface area (Å²) in [5.41, 5.74) is 6.60. The predicted molar refractivity (Wildman–Crippen MR) is 79.7 cm³/mol. The first kappa shape index (κ1) is 13.5. The lowest BCUT2D eigenvalue weighted by Gasteiger charge is -2.22. The van der Waals surface area contributed by atoms with Gasteiger partial charge in [0, 0.05) is 6.54 Å². The minimum Gasteiger partial charge on any atom is -0.476 e. The number of nitrogen functional groups attached to an aromatic ring is 1. The number of ether oxygens (including phenoxy) is 1. The van der Waals surface area contributed by atoms with Crippen LogP contribution in [0.5, 0.6) is 5.88 Å². The molecule has 2 aliphatic rings. The third kappa shape index (κ3) is 2.67. The van der Waals surface area contributed by atoms with Crippen LogP contribution < -0.4 is 15.8 Å². The molecule has 1 aromatic rings. The summed E-state index contributed by atoms with van der Waals surface area (Å²) < 4.78 is 5.53. The molecule has 1 aromatic heterocycles. The number of nitrogens with one attached hydrogen (secondary N) is 1. The fourth-order valence-electron chi connectivity index (χ4n) is 3.69. The Labute approximate surface area is 120 Å². The Kier molecular flexibility index (Phi) is 3.94. The Morgan fingerprint density at radius 1 is 1.35 bits per heavy atom. The smallest absolute Gasteiger partial charge is 0.242 e. The maximum atomic E-state index is 6.07. The van der Waals surface area contributed by atoms with E-state index in [2.05, 4.69) is 22.2 Å². The highest BCUT2D eigenvalue weighted by Gasteiger charge is 2.39. The predicted octanol–water partition coefficient (Wildman–Crippen LogP) is 2.70. The van der Waals surface area contributed by atoms with Gasteiger partial charge in [-0.2, -0.15) is 4.98 Å². The van der Waals surface area contributed by atoms with Crippen molar-refractivity contribution in [2.45, 2.75) is 39.0 Å². The number of rotatable bonds is 6. The highest BCUT2D eigenvalue weighted by molar-refractivity contribution is 5.66. The molecule has 2 saturated carbocycles. The zero-order chi connectivity index (χ0) is 13.9. The summed E-state index contributed by atoms with van der Waals surface area (Å²) in [6.45, 7) is 3.66. The average molecular weight is 276 g/mol. The van der Waals surface area contributed by atoms with E-state index in [-0.39, 0.29) is 0 Å². The van der Waals surface area contributed by atoms with Gasteiger partial charge in [-0.3, -0.25) is 0 Å². The molecule has 5 nitrogen and oxygen atoms in total. The van der Waals surface area contributed by atoms with Crippen molar-refractivity contribution >= 4 is 11.5 Å². The standard InChI is InChI=1S/C15H24N4O/c1-2-5-20-15-13(16)14(18-9-19-15)17-8-12-7-10-3-4-11(12)6-10/h9-12H,2-8,16H2,1H3,(H,17,18,19). The summed E-state index contributed by atoms with van der Waals surface area (Å²) in [7, 11) is 0. The van der Waals surface area contributed by atoms with Crippen molar-refractivity contribution in [3.63, 3.8) is 0 Å². The van der Waals surface area contributed by atoms with Gasteiger partial charge in [0.15, 0.2) is 5.82 Å². The van der Waals surface area contributed by atoms with Gasteiger partial charge in [-0.15, -0.1) is 0 Å². The largest absolute Gasteiger partial charge is 0.476 e. The van der Waals surface area contributed by atoms with Crippen LogP contribution in [-0.4, -0.2) is 23.1 Å². The summed E-state index contributed by atoms with van der Waals surface area (Å²) >= 11 is 0. The maximum Gasteiger partial charge on any atom is 0.242 e. The highest BCUT2D eigenvalue weighted by atomic mass is 16.5. The molecule has 0 aliphatic heterocycles. The number of hydrogen-bond donors (Lipinski definition) is 2. The van der Waals surface area contributed by atoms with E-state index in [1.807, 2.05) is 0 Å². The first-order chi connectivity index (χ1) is 9.78. The highest BCUT2D eigenvalue weighted by Crippen LogP contribution is 2.48. The molecule has 0 aromatic carbocycles. The van der Waals surface area contributed by atoms with Crippen molar-refractivity contribution in [3.8, 4) is 5.88 Å². The Hall–Kier alpha value is -1.52. The second-order valence-electron chi connectivity index (χ2n) is 6.11. The van der Waals surface area contributed by atoms with Crippen molar-refractivity contribution in [3.05, 3.63) is 6.33 Å². The minimum atomic E-state index is 0.497. The Morgan fingerprint density at radius 3 is 2.95 bits per heavy atom. The Bertz CT molecular complexity index is 465. The van der Waals surface area contributed by atoms with Gasteiger partial charge in [0.1, 0.15) is 12.0 Å². The van der Waals surface area contributed by atoms with Gasteiger partial charge in [0.25, 0.3) is 0 Å². The number of nitrogens with two attached hydrogens (primary N) is 1. The number of aromatic nitrogens is 2. The lowest BCUT2D eigenvalue weighted by molar-refractivity contribution is 0.306. The Balaban J connectivity index is 1.59. The molecule has 5 heteroatoms. The van der Waals surface area contributed by atoms with Crippen LogP contribution in [0.3, 0.4) is 0 Å². The molecule has 3 unspecified atom stereocenters.